The van der Waals surface area contributed by atoms with Crippen molar-refractivity contribution in [3.8, 4) is 11.1 Å². The second kappa shape index (κ2) is 11.3. The predicted molar refractivity (Wildman–Crippen MR) is 139 cm³/mol. The van der Waals surface area contributed by atoms with E-state index in [9.17, 15) is 19.5 Å². The van der Waals surface area contributed by atoms with Crippen LogP contribution in [0.4, 0.5) is 9.59 Å². The Hall–Kier alpha value is -4.07. The van der Waals surface area contributed by atoms with Gasteiger partial charge in [-0.25, -0.2) is 14.4 Å². The maximum Gasteiger partial charge on any atom is 0.506 e. The molecule has 1 aliphatic carbocycles. The van der Waals surface area contributed by atoms with Crippen molar-refractivity contribution < 1.29 is 34.1 Å². The smallest absolute Gasteiger partial charge is 0.478 e. The molecule has 0 heterocycles. The summed E-state index contributed by atoms with van der Waals surface area (Å²) in [7, 11) is 0. The highest BCUT2D eigenvalue weighted by molar-refractivity contribution is 5.97. The van der Waals surface area contributed by atoms with Crippen molar-refractivity contribution in [2.45, 2.75) is 57.2 Å². The minimum atomic E-state index is -1.34. The van der Waals surface area contributed by atoms with Crippen LogP contribution in [0.2, 0.25) is 0 Å². The maximum absolute atomic E-state index is 12.5. The highest BCUT2D eigenvalue weighted by Crippen LogP contribution is 2.33. The van der Waals surface area contributed by atoms with E-state index in [0.717, 1.165) is 34.7 Å². The van der Waals surface area contributed by atoms with Crippen LogP contribution in [-0.4, -0.2) is 46.7 Å². The molecule has 4 rings (SSSR count). The molecule has 8 nitrogen and oxygen atoms in total. The predicted octanol–water partition coefficient (Wildman–Crippen LogP) is 6.26. The van der Waals surface area contributed by atoms with Crippen LogP contribution in [-0.2, 0) is 15.9 Å². The number of carboxylic acid groups (broad SMARTS) is 2. The summed E-state index contributed by atoms with van der Waals surface area (Å²) in [5.74, 6) is -0.964. The van der Waals surface area contributed by atoms with Gasteiger partial charge in [-0.1, -0.05) is 55.5 Å². The summed E-state index contributed by atoms with van der Waals surface area (Å²) in [5, 5.41) is 23.2. The van der Waals surface area contributed by atoms with E-state index in [-0.39, 0.29) is 18.2 Å². The Morgan fingerprint density at radius 1 is 0.973 bits per heavy atom. The molecule has 3 aromatic rings. The number of carboxylic acids is 1. The van der Waals surface area contributed by atoms with Gasteiger partial charge in [0.05, 0.1) is 12.1 Å². The minimum Gasteiger partial charge on any atom is -0.478 e. The van der Waals surface area contributed by atoms with Crippen LogP contribution >= 0.6 is 0 Å². The Morgan fingerprint density at radius 2 is 1.68 bits per heavy atom. The second-order valence-corrected chi connectivity index (χ2v) is 9.50. The van der Waals surface area contributed by atoms with Crippen molar-refractivity contribution in [2.24, 2.45) is 0 Å². The number of hydrogen-bond acceptors (Lipinski definition) is 5. The van der Waals surface area contributed by atoms with Crippen LogP contribution in [0.25, 0.3) is 21.9 Å². The largest absolute Gasteiger partial charge is 0.506 e. The first-order valence-corrected chi connectivity index (χ1v) is 12.5. The number of nitrogens with one attached hydrogen (secondary N) is 1. The van der Waals surface area contributed by atoms with Gasteiger partial charge < -0.3 is 25.0 Å². The zero-order valence-corrected chi connectivity index (χ0v) is 20.7. The lowest BCUT2D eigenvalue weighted by molar-refractivity contribution is -0.0154. The fourth-order valence-electron chi connectivity index (χ4n) is 4.99. The van der Waals surface area contributed by atoms with Crippen molar-refractivity contribution in [3.63, 3.8) is 0 Å². The van der Waals surface area contributed by atoms with E-state index in [1.807, 2.05) is 49.4 Å². The Kier molecular flexibility index (Phi) is 7.96. The first kappa shape index (κ1) is 26.0. The van der Waals surface area contributed by atoms with Gasteiger partial charge in [0.2, 0.25) is 0 Å². The molecule has 1 fully saturated rings. The summed E-state index contributed by atoms with van der Waals surface area (Å²) in [4.78, 5) is 35.1. The first-order chi connectivity index (χ1) is 17.8. The average molecular weight is 506 g/mol. The molecular weight excluding hydrogens is 474 g/mol. The molecule has 1 saturated carbocycles. The van der Waals surface area contributed by atoms with Gasteiger partial charge in [0, 0.05) is 6.42 Å². The van der Waals surface area contributed by atoms with Crippen LogP contribution in [0, 0.1) is 0 Å². The standard InChI is InChI=1S/C29H31NO7/c1-2-23(36-27(33)30-18-29(37-28(34)35)13-5-6-14-29)16-19-9-10-21-17-22(12-11-20(21)15-19)24-7-3-4-8-25(24)26(31)32/h3-4,7-12,15,17,23H,2,5-6,13-14,16,18H2,1H3,(H,30,33)(H,31,32)(H,34,35). The summed E-state index contributed by atoms with van der Waals surface area (Å²) in [6.45, 7) is 2.04. The molecule has 0 aromatic heterocycles. The molecule has 0 aliphatic heterocycles. The number of benzene rings is 3. The van der Waals surface area contributed by atoms with Gasteiger partial charge in [-0.15, -0.1) is 0 Å². The summed E-state index contributed by atoms with van der Waals surface area (Å²) in [6, 6.07) is 18.8. The van der Waals surface area contributed by atoms with Gasteiger partial charge in [-0.2, -0.15) is 0 Å². The van der Waals surface area contributed by atoms with Crippen molar-refractivity contribution in [3.05, 3.63) is 71.8 Å². The third-order valence-electron chi connectivity index (χ3n) is 6.94. The number of amides is 1. The number of ether oxygens (including phenoxy) is 2. The molecule has 194 valence electrons. The maximum atomic E-state index is 12.5. The van der Waals surface area contributed by atoms with Gasteiger partial charge >= 0.3 is 18.2 Å². The van der Waals surface area contributed by atoms with Gasteiger partial charge in [0.15, 0.2) is 0 Å². The monoisotopic (exact) mass is 505 g/mol. The van der Waals surface area contributed by atoms with Gasteiger partial charge in [0.25, 0.3) is 0 Å². The fourth-order valence-corrected chi connectivity index (χ4v) is 4.99. The highest BCUT2D eigenvalue weighted by atomic mass is 16.7. The molecule has 0 bridgehead atoms. The Bertz CT molecular complexity index is 1300. The molecular formula is C29H31NO7. The molecule has 1 atom stereocenters. The van der Waals surface area contributed by atoms with E-state index in [1.165, 1.54) is 0 Å². The average Bonchev–Trinajstić information content (AvgIpc) is 3.34. The lowest BCUT2D eigenvalue weighted by Crippen LogP contribution is -2.45. The number of rotatable bonds is 9. The van der Waals surface area contributed by atoms with Crippen molar-refractivity contribution >= 4 is 29.0 Å². The zero-order chi connectivity index (χ0) is 26.4. The van der Waals surface area contributed by atoms with E-state index in [1.54, 1.807) is 18.2 Å². The lowest BCUT2D eigenvalue weighted by Gasteiger charge is -2.28. The Balaban J connectivity index is 1.41. The number of hydrogen-bond donors (Lipinski definition) is 3. The van der Waals surface area contributed by atoms with Crippen LogP contribution in [0.15, 0.2) is 60.7 Å². The summed E-state index contributed by atoms with van der Waals surface area (Å²) in [6.07, 6.45) is 1.75. The van der Waals surface area contributed by atoms with Crippen LogP contribution in [0.3, 0.4) is 0 Å². The quantitative estimate of drug-likeness (QED) is 0.293. The molecule has 37 heavy (non-hydrogen) atoms. The number of aromatic carboxylic acids is 1. The van der Waals surface area contributed by atoms with Gasteiger partial charge in [-0.05, 0) is 71.7 Å². The fraction of sp³-hybridized carbons (Fsp3) is 0.345. The normalized spacial score (nSPS) is 15.2. The van der Waals surface area contributed by atoms with Crippen LogP contribution < -0.4 is 5.32 Å². The molecule has 8 heteroatoms. The van der Waals surface area contributed by atoms with Crippen molar-refractivity contribution in [1.82, 2.24) is 5.32 Å². The van der Waals surface area contributed by atoms with E-state index in [2.05, 4.69) is 5.32 Å². The molecule has 1 aliphatic rings. The molecule has 0 radical (unpaired) electrons. The topological polar surface area (TPSA) is 122 Å². The lowest BCUT2D eigenvalue weighted by atomic mass is 9.95. The Labute approximate surface area is 215 Å². The van der Waals surface area contributed by atoms with E-state index in [0.29, 0.717) is 31.2 Å². The number of carbonyl (C=O) groups is 3. The number of carbonyl (C=O) groups excluding carboxylic acids is 1. The molecule has 1 amide bonds. The molecule has 0 saturated heterocycles. The van der Waals surface area contributed by atoms with Gasteiger partial charge in [0.1, 0.15) is 11.7 Å². The SMILES string of the molecule is CCC(Cc1ccc2cc(-c3ccccc3C(=O)O)ccc2c1)OC(=O)NCC1(OC(=O)O)CCCC1. The minimum absolute atomic E-state index is 0.0951. The van der Waals surface area contributed by atoms with E-state index >= 15 is 0 Å². The summed E-state index contributed by atoms with van der Waals surface area (Å²) in [5.41, 5.74) is 1.88. The molecule has 3 aromatic carbocycles. The molecule has 0 spiro atoms. The van der Waals surface area contributed by atoms with Gasteiger partial charge in [-0.3, -0.25) is 0 Å². The van der Waals surface area contributed by atoms with E-state index < -0.39 is 23.8 Å². The molecule has 3 N–H and O–H groups in total. The van der Waals surface area contributed by atoms with Crippen molar-refractivity contribution in [2.75, 3.05) is 6.54 Å². The number of fused-ring (bicyclic) bond motifs is 1. The first-order valence-electron chi connectivity index (χ1n) is 12.5. The van der Waals surface area contributed by atoms with Crippen LogP contribution in [0.1, 0.15) is 54.9 Å². The van der Waals surface area contributed by atoms with E-state index in [4.69, 9.17) is 14.6 Å². The number of alkyl carbamates (subject to hydrolysis) is 1. The second-order valence-electron chi connectivity index (χ2n) is 9.50. The Morgan fingerprint density at radius 3 is 2.38 bits per heavy atom. The summed E-state index contributed by atoms with van der Waals surface area (Å²) < 4.78 is 10.7. The molecule has 1 unspecified atom stereocenters. The third kappa shape index (κ3) is 6.39. The zero-order valence-electron chi connectivity index (χ0n) is 20.7. The third-order valence-corrected chi connectivity index (χ3v) is 6.94. The highest BCUT2D eigenvalue weighted by Gasteiger charge is 2.38. The van der Waals surface area contributed by atoms with Crippen LogP contribution in [0.5, 0.6) is 0 Å². The van der Waals surface area contributed by atoms with Crippen molar-refractivity contribution in [1.29, 1.82) is 0 Å². The summed E-state index contributed by atoms with van der Waals surface area (Å²) >= 11 is 0.